The average Bonchev–Trinajstić information content (AvgIpc) is 2.92. The van der Waals surface area contributed by atoms with Gasteiger partial charge in [0.2, 0.25) is 0 Å². The second kappa shape index (κ2) is 10.8. The summed E-state index contributed by atoms with van der Waals surface area (Å²) in [5.74, 6) is 1.17. The zero-order valence-corrected chi connectivity index (χ0v) is 20.1. The highest BCUT2D eigenvalue weighted by molar-refractivity contribution is 5.88. The SMILES string of the molecule is COc1ccccc1N1CCN(Cc2cc(COCc3ccccc3)c3cccnc3c2O)CC1. The lowest BCUT2D eigenvalue weighted by molar-refractivity contribution is 0.108. The summed E-state index contributed by atoms with van der Waals surface area (Å²) in [7, 11) is 1.72. The van der Waals surface area contributed by atoms with Crippen LogP contribution in [0.1, 0.15) is 16.7 Å². The third-order valence-electron chi connectivity index (χ3n) is 6.59. The van der Waals surface area contributed by atoms with Gasteiger partial charge in [-0.2, -0.15) is 0 Å². The number of rotatable bonds is 8. The summed E-state index contributed by atoms with van der Waals surface area (Å²) >= 11 is 0. The molecular formula is C29H31N3O3. The van der Waals surface area contributed by atoms with E-state index in [-0.39, 0.29) is 5.75 Å². The Labute approximate surface area is 206 Å². The van der Waals surface area contributed by atoms with Gasteiger partial charge in [-0.3, -0.25) is 9.88 Å². The Morgan fingerprint density at radius 1 is 0.857 bits per heavy atom. The molecule has 35 heavy (non-hydrogen) atoms. The number of anilines is 1. The Balaban J connectivity index is 1.30. The van der Waals surface area contributed by atoms with E-state index in [9.17, 15) is 5.11 Å². The van der Waals surface area contributed by atoms with Gasteiger partial charge in [0, 0.05) is 49.9 Å². The lowest BCUT2D eigenvalue weighted by Gasteiger charge is -2.36. The summed E-state index contributed by atoms with van der Waals surface area (Å²) in [5, 5.41) is 12.0. The van der Waals surface area contributed by atoms with Crippen LogP contribution in [0.4, 0.5) is 5.69 Å². The molecule has 1 aromatic heterocycles. The summed E-state index contributed by atoms with van der Waals surface area (Å²) in [5.41, 5.74) is 4.84. The van der Waals surface area contributed by atoms with Crippen LogP contribution in [0.25, 0.3) is 10.9 Å². The molecule has 0 unspecified atom stereocenters. The molecule has 1 N–H and O–H groups in total. The number of phenols is 1. The van der Waals surface area contributed by atoms with Gasteiger partial charge in [0.15, 0.2) is 0 Å². The van der Waals surface area contributed by atoms with Crippen molar-refractivity contribution in [1.82, 2.24) is 9.88 Å². The summed E-state index contributed by atoms with van der Waals surface area (Å²) < 4.78 is 11.6. The van der Waals surface area contributed by atoms with Crippen molar-refractivity contribution >= 4 is 16.6 Å². The van der Waals surface area contributed by atoms with Crippen LogP contribution in [-0.4, -0.2) is 48.3 Å². The third kappa shape index (κ3) is 5.24. The van der Waals surface area contributed by atoms with E-state index in [0.717, 1.165) is 59.7 Å². The maximum atomic E-state index is 11.0. The summed E-state index contributed by atoms with van der Waals surface area (Å²) in [4.78, 5) is 9.23. The van der Waals surface area contributed by atoms with Crippen LogP contribution in [0.5, 0.6) is 11.5 Å². The van der Waals surface area contributed by atoms with E-state index in [2.05, 4.69) is 39.0 Å². The number of aromatic hydroxyl groups is 1. The predicted molar refractivity (Wildman–Crippen MR) is 139 cm³/mol. The van der Waals surface area contributed by atoms with Crippen LogP contribution in [0.2, 0.25) is 0 Å². The van der Waals surface area contributed by atoms with Crippen LogP contribution < -0.4 is 9.64 Å². The standard InChI is InChI=1S/C29H31N3O3/c1-34-27-12-6-5-11-26(27)32-16-14-31(15-17-32)19-23-18-24(21-35-20-22-8-3-2-4-9-22)25-10-7-13-30-28(25)29(23)33/h2-13,18,33H,14-17,19-21H2,1H3. The molecule has 0 amide bonds. The molecule has 6 nitrogen and oxygen atoms in total. The molecule has 1 saturated heterocycles. The smallest absolute Gasteiger partial charge is 0.146 e. The number of methoxy groups -OCH3 is 1. The molecule has 3 aromatic carbocycles. The fourth-order valence-electron chi connectivity index (χ4n) is 4.73. The first-order valence-electron chi connectivity index (χ1n) is 12.0. The van der Waals surface area contributed by atoms with E-state index in [1.54, 1.807) is 13.3 Å². The number of pyridine rings is 1. The molecule has 0 spiro atoms. The van der Waals surface area contributed by atoms with Crippen molar-refractivity contribution in [3.63, 3.8) is 0 Å². The van der Waals surface area contributed by atoms with E-state index in [1.165, 1.54) is 0 Å². The lowest BCUT2D eigenvalue weighted by atomic mass is 10.0. The van der Waals surface area contributed by atoms with Crippen LogP contribution in [0.3, 0.4) is 0 Å². The Morgan fingerprint density at radius 2 is 1.63 bits per heavy atom. The van der Waals surface area contributed by atoms with Gasteiger partial charge in [-0.05, 0) is 35.4 Å². The number of hydrogen-bond donors (Lipinski definition) is 1. The zero-order chi connectivity index (χ0) is 24.0. The second-order valence-corrected chi connectivity index (χ2v) is 8.86. The lowest BCUT2D eigenvalue weighted by Crippen LogP contribution is -2.46. The van der Waals surface area contributed by atoms with Gasteiger partial charge in [-0.1, -0.05) is 48.5 Å². The molecule has 1 fully saturated rings. The normalized spacial score (nSPS) is 14.4. The number of phenolic OH excluding ortho intramolecular Hbond substituents is 1. The first-order valence-corrected chi connectivity index (χ1v) is 12.0. The third-order valence-corrected chi connectivity index (χ3v) is 6.59. The van der Waals surface area contributed by atoms with Crippen LogP contribution >= 0.6 is 0 Å². The number of nitrogens with zero attached hydrogens (tertiary/aromatic N) is 3. The zero-order valence-electron chi connectivity index (χ0n) is 20.1. The van der Waals surface area contributed by atoms with E-state index in [1.807, 2.05) is 48.5 Å². The maximum Gasteiger partial charge on any atom is 0.146 e. The van der Waals surface area contributed by atoms with Gasteiger partial charge >= 0.3 is 0 Å². The molecule has 6 heteroatoms. The van der Waals surface area contributed by atoms with E-state index in [4.69, 9.17) is 9.47 Å². The summed E-state index contributed by atoms with van der Waals surface area (Å²) in [6, 6.07) is 24.3. The molecule has 0 saturated carbocycles. The monoisotopic (exact) mass is 469 g/mol. The van der Waals surface area contributed by atoms with Crippen LogP contribution in [0.15, 0.2) is 79.0 Å². The molecule has 1 aliphatic rings. The van der Waals surface area contributed by atoms with Crippen LogP contribution in [0, 0.1) is 0 Å². The Kier molecular flexibility index (Phi) is 7.12. The minimum Gasteiger partial charge on any atom is -0.505 e. The van der Waals surface area contributed by atoms with Gasteiger partial charge in [0.05, 0.1) is 26.0 Å². The fraction of sp³-hybridized carbons (Fsp3) is 0.276. The molecule has 4 aromatic rings. The van der Waals surface area contributed by atoms with Gasteiger partial charge in [-0.15, -0.1) is 0 Å². The molecule has 1 aliphatic heterocycles. The Bertz CT molecular complexity index is 1270. The van der Waals surface area contributed by atoms with E-state index < -0.39 is 0 Å². The second-order valence-electron chi connectivity index (χ2n) is 8.86. The van der Waals surface area contributed by atoms with Crippen molar-refractivity contribution in [2.75, 3.05) is 38.2 Å². The number of para-hydroxylation sites is 2. The van der Waals surface area contributed by atoms with Crippen molar-refractivity contribution in [1.29, 1.82) is 0 Å². The number of ether oxygens (including phenoxy) is 2. The highest BCUT2D eigenvalue weighted by Crippen LogP contribution is 2.33. The van der Waals surface area contributed by atoms with Gasteiger partial charge in [0.1, 0.15) is 17.0 Å². The average molecular weight is 470 g/mol. The number of aromatic nitrogens is 1. The molecule has 0 atom stereocenters. The number of piperazine rings is 1. The molecule has 0 radical (unpaired) electrons. The molecule has 180 valence electrons. The highest BCUT2D eigenvalue weighted by atomic mass is 16.5. The van der Waals surface area contributed by atoms with Gasteiger partial charge < -0.3 is 19.5 Å². The fourth-order valence-corrected chi connectivity index (χ4v) is 4.73. The van der Waals surface area contributed by atoms with E-state index in [0.29, 0.717) is 25.3 Å². The van der Waals surface area contributed by atoms with Crippen molar-refractivity contribution in [3.05, 3.63) is 95.7 Å². The quantitative estimate of drug-likeness (QED) is 0.392. The summed E-state index contributed by atoms with van der Waals surface area (Å²) in [6.45, 7) is 5.29. The van der Waals surface area contributed by atoms with Crippen molar-refractivity contribution < 1.29 is 14.6 Å². The predicted octanol–water partition coefficient (Wildman–Crippen LogP) is 4.99. The van der Waals surface area contributed by atoms with Crippen molar-refractivity contribution in [2.24, 2.45) is 0 Å². The number of fused-ring (bicyclic) bond motifs is 1. The molecule has 0 aliphatic carbocycles. The topological polar surface area (TPSA) is 58.1 Å². The first-order chi connectivity index (χ1) is 17.2. The largest absolute Gasteiger partial charge is 0.505 e. The minimum atomic E-state index is 0.263. The first kappa shape index (κ1) is 23.1. The molecule has 0 bridgehead atoms. The van der Waals surface area contributed by atoms with Crippen LogP contribution in [-0.2, 0) is 24.5 Å². The highest BCUT2D eigenvalue weighted by Gasteiger charge is 2.21. The number of hydrogen-bond acceptors (Lipinski definition) is 6. The minimum absolute atomic E-state index is 0.263. The molecule has 5 rings (SSSR count). The summed E-state index contributed by atoms with van der Waals surface area (Å²) in [6.07, 6.45) is 1.73. The van der Waals surface area contributed by atoms with Gasteiger partial charge in [0.25, 0.3) is 0 Å². The van der Waals surface area contributed by atoms with Gasteiger partial charge in [-0.25, -0.2) is 0 Å². The van der Waals surface area contributed by atoms with E-state index >= 15 is 0 Å². The Morgan fingerprint density at radius 3 is 2.43 bits per heavy atom. The van der Waals surface area contributed by atoms with Crippen molar-refractivity contribution in [2.45, 2.75) is 19.8 Å². The molecule has 2 heterocycles. The Hall–Kier alpha value is -3.61. The van der Waals surface area contributed by atoms with Crippen molar-refractivity contribution in [3.8, 4) is 11.5 Å². The molecular weight excluding hydrogens is 438 g/mol. The maximum absolute atomic E-state index is 11.0. The number of benzene rings is 3.